The second-order valence-corrected chi connectivity index (χ2v) is 3.93. The van der Waals surface area contributed by atoms with Crippen molar-refractivity contribution in [1.29, 1.82) is 0 Å². The highest BCUT2D eigenvalue weighted by molar-refractivity contribution is 5.71. The summed E-state index contributed by atoms with van der Waals surface area (Å²) in [6.45, 7) is 6.14. The van der Waals surface area contributed by atoms with Crippen LogP contribution in [0.2, 0.25) is 0 Å². The van der Waals surface area contributed by atoms with Crippen LogP contribution in [0.4, 0.5) is 0 Å². The molecular weight excluding hydrogens is 176 g/mol. The molecule has 0 heterocycles. The molecule has 0 spiro atoms. The topological polar surface area (TPSA) is 37.3 Å². The zero-order valence-corrected chi connectivity index (χ0v) is 8.87. The van der Waals surface area contributed by atoms with Gasteiger partial charge in [0.05, 0.1) is 6.42 Å². The number of hydrogen-bond donors (Lipinski definition) is 1. The molecule has 2 nitrogen and oxygen atoms in total. The SMILES string of the molecule is Cc1ccc(C(C)C)c(CC(=O)O)c1. The highest BCUT2D eigenvalue weighted by Gasteiger charge is 2.09. The molecule has 0 aromatic heterocycles. The van der Waals surface area contributed by atoms with Gasteiger partial charge in [0.25, 0.3) is 0 Å². The molecule has 0 atom stereocenters. The van der Waals surface area contributed by atoms with Crippen molar-refractivity contribution in [1.82, 2.24) is 0 Å². The van der Waals surface area contributed by atoms with E-state index in [2.05, 4.69) is 13.8 Å². The summed E-state index contributed by atoms with van der Waals surface area (Å²) in [7, 11) is 0. The van der Waals surface area contributed by atoms with Gasteiger partial charge < -0.3 is 5.11 Å². The maximum atomic E-state index is 10.7. The van der Waals surface area contributed by atoms with Gasteiger partial charge in [0, 0.05) is 0 Å². The highest BCUT2D eigenvalue weighted by atomic mass is 16.4. The summed E-state index contributed by atoms with van der Waals surface area (Å²) < 4.78 is 0. The van der Waals surface area contributed by atoms with Crippen LogP contribution in [0.3, 0.4) is 0 Å². The summed E-state index contributed by atoms with van der Waals surface area (Å²) in [5.74, 6) is -0.387. The normalized spacial score (nSPS) is 10.6. The predicted octanol–water partition coefficient (Wildman–Crippen LogP) is 2.75. The summed E-state index contributed by atoms with van der Waals surface area (Å²) in [4.78, 5) is 10.7. The molecule has 1 rings (SSSR count). The zero-order valence-electron chi connectivity index (χ0n) is 8.87. The monoisotopic (exact) mass is 192 g/mol. The molecule has 0 aliphatic rings. The Kier molecular flexibility index (Phi) is 3.28. The van der Waals surface area contributed by atoms with Gasteiger partial charge in [-0.15, -0.1) is 0 Å². The Hall–Kier alpha value is -1.31. The number of aliphatic carboxylic acids is 1. The van der Waals surface area contributed by atoms with Gasteiger partial charge in [-0.3, -0.25) is 4.79 Å². The van der Waals surface area contributed by atoms with Crippen molar-refractivity contribution in [2.24, 2.45) is 0 Å². The molecule has 14 heavy (non-hydrogen) atoms. The van der Waals surface area contributed by atoms with E-state index in [4.69, 9.17) is 5.11 Å². The quantitative estimate of drug-likeness (QED) is 0.799. The van der Waals surface area contributed by atoms with E-state index >= 15 is 0 Å². The third-order valence-corrected chi connectivity index (χ3v) is 2.26. The summed E-state index contributed by atoms with van der Waals surface area (Å²) in [6, 6.07) is 6.02. The number of rotatable bonds is 3. The number of hydrogen-bond acceptors (Lipinski definition) is 1. The van der Waals surface area contributed by atoms with Gasteiger partial charge >= 0.3 is 5.97 Å². The van der Waals surface area contributed by atoms with Crippen LogP contribution in [-0.4, -0.2) is 11.1 Å². The third-order valence-electron chi connectivity index (χ3n) is 2.26. The molecule has 0 fully saturated rings. The van der Waals surface area contributed by atoms with Gasteiger partial charge in [-0.25, -0.2) is 0 Å². The molecule has 0 saturated heterocycles. The highest BCUT2D eigenvalue weighted by Crippen LogP contribution is 2.21. The fourth-order valence-electron chi connectivity index (χ4n) is 1.61. The van der Waals surface area contributed by atoms with Crippen molar-refractivity contribution in [3.05, 3.63) is 34.9 Å². The zero-order chi connectivity index (χ0) is 10.7. The first-order chi connectivity index (χ1) is 6.50. The number of aryl methyl sites for hydroxylation is 1. The second kappa shape index (κ2) is 4.27. The van der Waals surface area contributed by atoms with Crippen LogP contribution in [0.25, 0.3) is 0 Å². The van der Waals surface area contributed by atoms with E-state index < -0.39 is 5.97 Å². The standard InChI is InChI=1S/C12H16O2/c1-8(2)11-5-4-9(3)6-10(11)7-12(13)14/h4-6,8H,7H2,1-3H3,(H,13,14). The second-order valence-electron chi connectivity index (χ2n) is 3.93. The van der Waals surface area contributed by atoms with E-state index in [1.54, 1.807) is 0 Å². The summed E-state index contributed by atoms with van der Waals surface area (Å²) >= 11 is 0. The van der Waals surface area contributed by atoms with Crippen LogP contribution in [0.1, 0.15) is 36.5 Å². The van der Waals surface area contributed by atoms with E-state index in [0.29, 0.717) is 5.92 Å². The van der Waals surface area contributed by atoms with E-state index in [1.165, 1.54) is 0 Å². The van der Waals surface area contributed by atoms with Crippen LogP contribution < -0.4 is 0 Å². The molecule has 1 aromatic carbocycles. The van der Waals surface area contributed by atoms with E-state index in [9.17, 15) is 4.79 Å². The number of benzene rings is 1. The fraction of sp³-hybridized carbons (Fsp3) is 0.417. The Morgan fingerprint density at radius 2 is 2.07 bits per heavy atom. The number of carbonyl (C=O) groups is 1. The van der Waals surface area contributed by atoms with Crippen LogP contribution in [0, 0.1) is 6.92 Å². The molecule has 0 aliphatic heterocycles. The molecule has 0 bridgehead atoms. The van der Waals surface area contributed by atoms with E-state index in [1.807, 2.05) is 25.1 Å². The minimum absolute atomic E-state index is 0.120. The maximum absolute atomic E-state index is 10.7. The van der Waals surface area contributed by atoms with Gasteiger partial charge in [0.15, 0.2) is 0 Å². The largest absolute Gasteiger partial charge is 0.481 e. The molecule has 0 radical (unpaired) electrons. The number of carboxylic acid groups (broad SMARTS) is 1. The lowest BCUT2D eigenvalue weighted by Crippen LogP contribution is -2.05. The molecule has 0 saturated carbocycles. The van der Waals surface area contributed by atoms with Crippen molar-refractivity contribution >= 4 is 5.97 Å². The van der Waals surface area contributed by atoms with Crippen molar-refractivity contribution < 1.29 is 9.90 Å². The third kappa shape index (κ3) is 2.59. The molecule has 76 valence electrons. The van der Waals surface area contributed by atoms with Crippen LogP contribution in [-0.2, 0) is 11.2 Å². The van der Waals surface area contributed by atoms with Gasteiger partial charge in [-0.1, -0.05) is 37.6 Å². The molecule has 0 aliphatic carbocycles. The molecule has 1 N–H and O–H groups in total. The van der Waals surface area contributed by atoms with Crippen molar-refractivity contribution in [2.75, 3.05) is 0 Å². The van der Waals surface area contributed by atoms with Crippen LogP contribution in [0.15, 0.2) is 18.2 Å². The van der Waals surface area contributed by atoms with Crippen LogP contribution >= 0.6 is 0 Å². The lowest BCUT2D eigenvalue weighted by Gasteiger charge is -2.11. The number of carboxylic acids is 1. The molecule has 0 amide bonds. The van der Waals surface area contributed by atoms with E-state index in [0.717, 1.165) is 16.7 Å². The average molecular weight is 192 g/mol. The van der Waals surface area contributed by atoms with E-state index in [-0.39, 0.29) is 6.42 Å². The van der Waals surface area contributed by atoms with Gasteiger partial charge in [0.2, 0.25) is 0 Å². The molecule has 1 aromatic rings. The first kappa shape index (κ1) is 10.8. The molecule has 0 unspecified atom stereocenters. The summed E-state index contributed by atoms with van der Waals surface area (Å²) in [5, 5.41) is 8.76. The lowest BCUT2D eigenvalue weighted by atomic mass is 9.94. The lowest BCUT2D eigenvalue weighted by molar-refractivity contribution is -0.136. The minimum atomic E-state index is -0.766. The summed E-state index contributed by atoms with van der Waals surface area (Å²) in [6.07, 6.45) is 0.120. The van der Waals surface area contributed by atoms with Crippen LogP contribution in [0.5, 0.6) is 0 Å². The van der Waals surface area contributed by atoms with Gasteiger partial charge in [-0.05, 0) is 24.0 Å². The maximum Gasteiger partial charge on any atom is 0.307 e. The minimum Gasteiger partial charge on any atom is -0.481 e. The molecule has 2 heteroatoms. The Bertz CT molecular complexity index is 340. The summed E-state index contributed by atoms with van der Waals surface area (Å²) in [5.41, 5.74) is 3.19. The van der Waals surface area contributed by atoms with Crippen molar-refractivity contribution in [2.45, 2.75) is 33.1 Å². The molecular formula is C12H16O2. The predicted molar refractivity (Wildman–Crippen MR) is 56.6 cm³/mol. The Morgan fingerprint density at radius 1 is 1.43 bits per heavy atom. The Balaban J connectivity index is 3.09. The van der Waals surface area contributed by atoms with Gasteiger partial charge in [0.1, 0.15) is 0 Å². The van der Waals surface area contributed by atoms with Crippen molar-refractivity contribution in [3.63, 3.8) is 0 Å². The van der Waals surface area contributed by atoms with Crippen molar-refractivity contribution in [3.8, 4) is 0 Å². The fourth-order valence-corrected chi connectivity index (χ4v) is 1.61. The first-order valence-corrected chi connectivity index (χ1v) is 4.82. The first-order valence-electron chi connectivity index (χ1n) is 4.82. The van der Waals surface area contributed by atoms with Gasteiger partial charge in [-0.2, -0.15) is 0 Å². The Morgan fingerprint density at radius 3 is 2.57 bits per heavy atom. The smallest absolute Gasteiger partial charge is 0.307 e. The average Bonchev–Trinajstić information content (AvgIpc) is 2.01. The Labute approximate surface area is 84.6 Å².